The molecule has 27 heavy (non-hydrogen) atoms. The zero-order valence-electron chi connectivity index (χ0n) is 15.1. The Morgan fingerprint density at radius 1 is 1.37 bits per heavy atom. The largest absolute Gasteiger partial charge is 0.368 e. The second-order valence-electron chi connectivity index (χ2n) is 7.93. The number of alkyl halides is 2. The van der Waals surface area contributed by atoms with E-state index in [1.54, 1.807) is 20.2 Å². The topological polar surface area (TPSA) is 74.1 Å². The predicted molar refractivity (Wildman–Crippen MR) is 93.9 cm³/mol. The van der Waals surface area contributed by atoms with E-state index in [1.807, 2.05) is 11.5 Å². The SMILES string of the molecule is CCNc1nc(Cl)nc2c1ncn2[C@H]1[C@@H]2OC(C)(C)O[C@@H]2[C@]2(C(F)F)C[C@H]12. The highest BCUT2D eigenvalue weighted by Gasteiger charge is 2.79. The van der Waals surface area contributed by atoms with Crippen molar-refractivity contribution < 1.29 is 18.3 Å². The first kappa shape index (κ1) is 17.5. The zero-order chi connectivity index (χ0) is 19.1. The second-order valence-corrected chi connectivity index (χ2v) is 8.27. The Morgan fingerprint density at radius 3 is 2.85 bits per heavy atom. The lowest BCUT2D eigenvalue weighted by Gasteiger charge is -2.24. The quantitative estimate of drug-likeness (QED) is 0.795. The van der Waals surface area contributed by atoms with Crippen LogP contribution in [0.3, 0.4) is 0 Å². The molecule has 3 aliphatic rings. The van der Waals surface area contributed by atoms with Crippen molar-refractivity contribution in [3.8, 4) is 0 Å². The van der Waals surface area contributed by atoms with Gasteiger partial charge in [-0.15, -0.1) is 0 Å². The summed E-state index contributed by atoms with van der Waals surface area (Å²) < 4.78 is 41.8. The number of fused-ring (bicyclic) bond motifs is 4. The Bertz CT molecular complexity index is 922. The van der Waals surface area contributed by atoms with Crippen LogP contribution in [0.4, 0.5) is 14.6 Å². The minimum absolute atomic E-state index is 0.0783. The van der Waals surface area contributed by atoms with Gasteiger partial charge >= 0.3 is 0 Å². The molecule has 7 nitrogen and oxygen atoms in total. The Balaban J connectivity index is 1.63. The molecule has 5 atom stereocenters. The van der Waals surface area contributed by atoms with Crippen molar-refractivity contribution in [2.24, 2.45) is 11.3 Å². The van der Waals surface area contributed by atoms with E-state index in [0.29, 0.717) is 29.9 Å². The fourth-order valence-electron chi connectivity index (χ4n) is 4.90. The van der Waals surface area contributed by atoms with Gasteiger partial charge in [-0.2, -0.15) is 9.97 Å². The average Bonchev–Trinajstić information content (AvgIpc) is 2.91. The maximum atomic E-state index is 14.0. The van der Waals surface area contributed by atoms with Crippen LogP contribution in [0.5, 0.6) is 0 Å². The van der Waals surface area contributed by atoms with Gasteiger partial charge in [0.05, 0.1) is 17.8 Å². The maximum Gasteiger partial charge on any atom is 0.247 e. The molecular formula is C17H20ClF2N5O2. The van der Waals surface area contributed by atoms with Gasteiger partial charge in [0.25, 0.3) is 0 Å². The van der Waals surface area contributed by atoms with Crippen LogP contribution in [-0.4, -0.2) is 50.5 Å². The third kappa shape index (κ3) is 2.28. The molecule has 146 valence electrons. The number of halogens is 3. The maximum absolute atomic E-state index is 14.0. The normalized spacial score (nSPS) is 36.3. The standard InChI is InChI=1S/C17H20ClF2N5O2/c1-4-21-12-8-13(24-15(18)23-12)25(6-22-8)9-7-5-17(7,14(19)20)11-10(9)26-16(2,3)27-11/h6-7,9-11,14H,4-5H2,1-3H3,(H,21,23,24)/t7-,9-,10+,11+,17+/m1/s1. The van der Waals surface area contributed by atoms with E-state index >= 15 is 0 Å². The molecule has 2 aliphatic carbocycles. The lowest BCUT2D eigenvalue weighted by atomic mass is 10.00. The Hall–Kier alpha value is -1.58. The molecule has 0 aromatic carbocycles. The number of aromatic nitrogens is 4. The Labute approximate surface area is 159 Å². The summed E-state index contributed by atoms with van der Waals surface area (Å²) in [7, 11) is 0. The molecule has 1 aliphatic heterocycles. The van der Waals surface area contributed by atoms with Crippen LogP contribution >= 0.6 is 11.6 Å². The Morgan fingerprint density at radius 2 is 2.15 bits per heavy atom. The summed E-state index contributed by atoms with van der Waals surface area (Å²) in [5, 5.41) is 3.19. The summed E-state index contributed by atoms with van der Waals surface area (Å²) in [5.41, 5.74) is -0.0905. The van der Waals surface area contributed by atoms with Gasteiger partial charge in [-0.25, -0.2) is 13.8 Å². The summed E-state index contributed by atoms with van der Waals surface area (Å²) in [6.07, 6.45) is -1.59. The molecule has 0 amide bonds. The summed E-state index contributed by atoms with van der Waals surface area (Å²) >= 11 is 6.10. The fraction of sp³-hybridized carbons (Fsp3) is 0.706. The van der Waals surface area contributed by atoms with Gasteiger partial charge in [0.1, 0.15) is 12.2 Å². The minimum Gasteiger partial charge on any atom is -0.368 e. The number of imidazole rings is 1. The number of ether oxygens (including phenoxy) is 2. The van der Waals surface area contributed by atoms with Crippen LogP contribution in [0, 0.1) is 11.3 Å². The summed E-state index contributed by atoms with van der Waals surface area (Å²) in [6.45, 7) is 6.10. The van der Waals surface area contributed by atoms with Crippen LogP contribution in [0.25, 0.3) is 11.2 Å². The van der Waals surface area contributed by atoms with Crippen molar-refractivity contribution in [1.82, 2.24) is 19.5 Å². The molecule has 2 aromatic rings. The van der Waals surface area contributed by atoms with Crippen molar-refractivity contribution in [3.05, 3.63) is 11.6 Å². The molecule has 2 saturated carbocycles. The van der Waals surface area contributed by atoms with Crippen LogP contribution in [0.1, 0.15) is 33.2 Å². The molecule has 10 heteroatoms. The molecule has 0 unspecified atom stereocenters. The molecule has 2 aromatic heterocycles. The summed E-state index contributed by atoms with van der Waals surface area (Å²) in [6, 6.07) is -0.337. The summed E-state index contributed by atoms with van der Waals surface area (Å²) in [4.78, 5) is 12.9. The molecular weight excluding hydrogens is 380 g/mol. The van der Waals surface area contributed by atoms with Crippen LogP contribution in [-0.2, 0) is 9.47 Å². The van der Waals surface area contributed by atoms with E-state index in [1.165, 1.54) is 0 Å². The zero-order valence-corrected chi connectivity index (χ0v) is 15.9. The van der Waals surface area contributed by atoms with Crippen LogP contribution in [0.2, 0.25) is 5.28 Å². The van der Waals surface area contributed by atoms with Crippen LogP contribution in [0.15, 0.2) is 6.33 Å². The fourth-order valence-corrected chi connectivity index (χ4v) is 5.06. The molecule has 0 radical (unpaired) electrons. The number of anilines is 1. The van der Waals surface area contributed by atoms with Gasteiger partial charge in [0, 0.05) is 6.54 Å². The van der Waals surface area contributed by atoms with Gasteiger partial charge < -0.3 is 19.4 Å². The van der Waals surface area contributed by atoms with E-state index < -0.39 is 29.8 Å². The first-order chi connectivity index (χ1) is 12.8. The van der Waals surface area contributed by atoms with Gasteiger partial charge in [-0.3, -0.25) is 0 Å². The first-order valence-electron chi connectivity index (χ1n) is 9.06. The van der Waals surface area contributed by atoms with Gasteiger partial charge in [-0.1, -0.05) is 0 Å². The highest BCUT2D eigenvalue weighted by molar-refractivity contribution is 6.28. The van der Waals surface area contributed by atoms with Gasteiger partial charge in [0.15, 0.2) is 22.8 Å². The molecule has 0 bridgehead atoms. The number of nitrogens with one attached hydrogen (secondary N) is 1. The monoisotopic (exact) mass is 399 g/mol. The highest BCUT2D eigenvalue weighted by Crippen LogP contribution is 2.73. The lowest BCUT2D eigenvalue weighted by Crippen LogP contribution is -2.34. The Kier molecular flexibility index (Phi) is 3.56. The van der Waals surface area contributed by atoms with Crippen molar-refractivity contribution >= 4 is 28.6 Å². The predicted octanol–water partition coefficient (Wildman–Crippen LogP) is 3.26. The number of hydrogen-bond donors (Lipinski definition) is 1. The van der Waals surface area contributed by atoms with Crippen molar-refractivity contribution in [2.45, 2.75) is 57.7 Å². The number of nitrogens with zero attached hydrogens (tertiary/aromatic N) is 4. The molecule has 1 saturated heterocycles. The van der Waals surface area contributed by atoms with Gasteiger partial charge in [-0.05, 0) is 44.7 Å². The highest BCUT2D eigenvalue weighted by atomic mass is 35.5. The van der Waals surface area contributed by atoms with E-state index in [4.69, 9.17) is 21.1 Å². The van der Waals surface area contributed by atoms with E-state index in [0.717, 1.165) is 0 Å². The van der Waals surface area contributed by atoms with E-state index in [-0.39, 0.29) is 17.2 Å². The first-order valence-corrected chi connectivity index (χ1v) is 9.44. The van der Waals surface area contributed by atoms with Gasteiger partial charge in [0.2, 0.25) is 11.7 Å². The third-order valence-electron chi connectivity index (χ3n) is 5.98. The van der Waals surface area contributed by atoms with Crippen molar-refractivity contribution in [3.63, 3.8) is 0 Å². The number of hydrogen-bond acceptors (Lipinski definition) is 6. The molecule has 5 rings (SSSR count). The lowest BCUT2D eigenvalue weighted by molar-refractivity contribution is -0.168. The average molecular weight is 400 g/mol. The number of rotatable bonds is 4. The van der Waals surface area contributed by atoms with Crippen LogP contribution < -0.4 is 5.32 Å². The summed E-state index contributed by atoms with van der Waals surface area (Å²) in [5.74, 6) is -0.626. The third-order valence-corrected chi connectivity index (χ3v) is 6.15. The van der Waals surface area contributed by atoms with Crippen molar-refractivity contribution in [1.29, 1.82) is 0 Å². The van der Waals surface area contributed by atoms with E-state index in [2.05, 4.69) is 20.3 Å². The van der Waals surface area contributed by atoms with Crippen molar-refractivity contribution in [2.75, 3.05) is 11.9 Å². The minimum atomic E-state index is -2.47. The van der Waals surface area contributed by atoms with E-state index in [9.17, 15) is 8.78 Å². The molecule has 3 heterocycles. The molecule has 0 spiro atoms. The molecule has 3 fully saturated rings. The smallest absolute Gasteiger partial charge is 0.247 e. The molecule has 1 N–H and O–H groups in total. The second kappa shape index (κ2) is 5.48.